The van der Waals surface area contributed by atoms with E-state index in [2.05, 4.69) is 13.1 Å². The minimum absolute atomic E-state index is 0.120. The van der Waals surface area contributed by atoms with Crippen LogP contribution in [-0.2, 0) is 31.6 Å². The van der Waals surface area contributed by atoms with Crippen molar-refractivity contribution < 1.29 is 67.1 Å². The van der Waals surface area contributed by atoms with Crippen LogP contribution in [0.5, 0.6) is 0 Å². The van der Waals surface area contributed by atoms with Crippen LogP contribution >= 0.6 is 23.5 Å². The smallest absolute Gasteiger partial charge is 0.387 e. The number of rotatable bonds is 8. The number of phosphoric acid groups is 3. The van der Waals surface area contributed by atoms with Crippen molar-refractivity contribution in [1.82, 2.24) is 9.55 Å². The van der Waals surface area contributed by atoms with Crippen LogP contribution in [0.15, 0.2) is 15.8 Å². The fraction of sp³-hybridized carbons (Fsp3) is 0.556. The Morgan fingerprint density at radius 1 is 1.13 bits per heavy atom. The second-order valence-electron chi connectivity index (χ2n) is 5.49. The third-order valence-corrected chi connectivity index (χ3v) is 7.07. The Hall–Kier alpha value is -1.10. The number of halogens is 1. The van der Waals surface area contributed by atoms with E-state index in [9.17, 15) is 42.8 Å². The zero-order valence-electron chi connectivity index (χ0n) is 15.0. The molecular weight excluding hydrogens is 489 g/mol. The first kappa shape index (κ1) is 23.6. The van der Waals surface area contributed by atoms with Crippen LogP contribution in [0, 0.1) is 5.82 Å². The number of hydrogen-bond acceptors (Lipinski definition) is 11. The van der Waals surface area contributed by atoms with Gasteiger partial charge < -0.3 is 34.5 Å². The van der Waals surface area contributed by atoms with Gasteiger partial charge in [0, 0.05) is 0 Å². The van der Waals surface area contributed by atoms with Gasteiger partial charge >= 0.3 is 29.2 Å². The topological polar surface area (TPSA) is 264 Å². The molecule has 6 atom stereocenters. The molecule has 7 N–H and O–H groups in total. The summed E-state index contributed by atoms with van der Waals surface area (Å²) in [6, 6.07) is 0. The van der Waals surface area contributed by atoms with Crippen LogP contribution in [-0.4, -0.2) is 64.3 Å². The third kappa shape index (κ3) is 6.45. The van der Waals surface area contributed by atoms with E-state index >= 15 is 0 Å². The number of aromatic nitrogens is 2. The lowest BCUT2D eigenvalue weighted by molar-refractivity contribution is -0.0546. The van der Waals surface area contributed by atoms with Gasteiger partial charge in [0.2, 0.25) is 5.82 Å². The normalized spacial score (nSPS) is 29.2. The summed E-state index contributed by atoms with van der Waals surface area (Å²) in [5.74, 6) is -1.72. The molecule has 0 aromatic carbocycles. The second-order valence-corrected chi connectivity index (χ2v) is 9.91. The van der Waals surface area contributed by atoms with Gasteiger partial charge in [0.25, 0.3) is 5.56 Å². The van der Waals surface area contributed by atoms with Gasteiger partial charge in [0.1, 0.15) is 18.3 Å². The van der Waals surface area contributed by atoms with Crippen molar-refractivity contribution >= 4 is 23.5 Å². The molecule has 2 heterocycles. The average Bonchev–Trinajstić information content (AvgIpc) is 2.83. The van der Waals surface area contributed by atoms with E-state index in [1.165, 1.54) is 4.98 Å². The molecule has 0 radical (unpaired) electrons. The van der Waals surface area contributed by atoms with Crippen molar-refractivity contribution in [2.75, 3.05) is 6.61 Å². The Morgan fingerprint density at radius 3 is 2.30 bits per heavy atom. The molecule has 1 aliphatic heterocycles. The molecule has 1 saturated heterocycles. The molecule has 0 amide bonds. The van der Waals surface area contributed by atoms with Crippen LogP contribution in [0.1, 0.15) is 7.60 Å². The molecule has 3 unspecified atom stereocenters. The molecule has 2 rings (SSSR count). The van der Waals surface area contributed by atoms with E-state index < -0.39 is 77.9 Å². The molecule has 1 aromatic heterocycles. The number of hydrogen-bond donors (Lipinski definition) is 7. The average molecular weight is 504 g/mol. The highest BCUT2D eigenvalue weighted by molar-refractivity contribution is 7.66. The quantitative estimate of drug-likeness (QED) is 0.183. The van der Waals surface area contributed by atoms with Crippen LogP contribution in [0.25, 0.3) is 0 Å². The summed E-state index contributed by atoms with van der Waals surface area (Å²) < 4.78 is 70.8. The fourth-order valence-corrected chi connectivity index (χ4v) is 5.18. The summed E-state index contributed by atoms with van der Waals surface area (Å²) in [5, 5.41) is 19.9. The highest BCUT2D eigenvalue weighted by Gasteiger charge is 2.46. The van der Waals surface area contributed by atoms with Crippen LogP contribution < -0.4 is 11.2 Å². The van der Waals surface area contributed by atoms with E-state index in [1.807, 2.05) is 0 Å². The van der Waals surface area contributed by atoms with Crippen LogP contribution in [0.3, 0.4) is 0 Å². The molecule has 0 spiro atoms. The van der Waals surface area contributed by atoms with Gasteiger partial charge in [-0.1, -0.05) is 0 Å². The SMILES string of the molecule is [2H]c1[13c]([19F])c(=O)[nH]c(=O)n1[C@@H]1O[C@H](COP(=O)(O)OP(=O)(O)OP(=O)(O)O)C(O)[C@@H]1O. The molecule has 0 bridgehead atoms. The van der Waals surface area contributed by atoms with E-state index in [4.69, 9.17) is 20.8 Å². The van der Waals surface area contributed by atoms with E-state index in [0.29, 0.717) is 0 Å². The summed E-state index contributed by atoms with van der Waals surface area (Å²) in [5.41, 5.74) is -2.94. The Balaban J connectivity index is 2.15. The van der Waals surface area contributed by atoms with Crippen molar-refractivity contribution in [1.29, 1.82) is 0 Å². The van der Waals surface area contributed by atoms with Gasteiger partial charge in [-0.05, 0) is 0 Å². The zero-order valence-corrected chi connectivity index (χ0v) is 16.7. The molecule has 1 aromatic rings. The van der Waals surface area contributed by atoms with Crippen LogP contribution in [0.4, 0.5) is 4.39 Å². The van der Waals surface area contributed by atoms with Crippen molar-refractivity contribution in [3.05, 3.63) is 32.8 Å². The first-order chi connectivity index (χ1) is 13.9. The Morgan fingerprint density at radius 2 is 1.73 bits per heavy atom. The number of phosphoric ester groups is 1. The number of H-pyrrole nitrogens is 1. The van der Waals surface area contributed by atoms with E-state index in [1.54, 1.807) is 0 Å². The lowest BCUT2D eigenvalue weighted by atomic mass is 10.1. The summed E-state index contributed by atoms with van der Waals surface area (Å²) >= 11 is 0. The van der Waals surface area contributed by atoms with Crippen molar-refractivity contribution in [2.45, 2.75) is 24.5 Å². The van der Waals surface area contributed by atoms with Gasteiger partial charge in [0.15, 0.2) is 6.23 Å². The summed E-state index contributed by atoms with van der Waals surface area (Å²) in [7, 11) is -17.0. The molecule has 172 valence electrons. The molecule has 30 heavy (non-hydrogen) atoms. The van der Waals surface area contributed by atoms with Gasteiger partial charge in [-0.3, -0.25) is 18.9 Å². The lowest BCUT2D eigenvalue weighted by Crippen LogP contribution is -2.38. The van der Waals surface area contributed by atoms with Gasteiger partial charge in [0.05, 0.1) is 14.2 Å². The highest BCUT2D eigenvalue weighted by atomic mass is 31.3. The standard InChI is InChI=1S/C9H14FN2O15P3/c10-3-1-12(9(16)11-7(3)15)8-6(14)5(13)4(25-8)2-24-29(20,21)27-30(22,23)26-28(17,18)19/h1,4-6,8,13-14H,2H2,(H,20,21)(H,22,23)(H,11,15,16)(H2,17,18,19)/t4-,5?,6+,8-/m1/s1/i1D,3+1,10+0. The first-order valence-electron chi connectivity index (χ1n) is 7.75. The second kappa shape index (κ2) is 8.80. The first-order valence-corrected chi connectivity index (χ1v) is 11.8. The number of nitrogens with zero attached hydrogens (tertiary/aromatic N) is 1. The van der Waals surface area contributed by atoms with Gasteiger partial charge in [-0.2, -0.15) is 13.0 Å². The summed E-state index contributed by atoms with van der Waals surface area (Å²) in [6.45, 7) is -1.20. The van der Waals surface area contributed by atoms with Crippen LogP contribution in [0.2, 0.25) is 0 Å². The minimum atomic E-state index is -5.81. The maximum atomic E-state index is 13.6. The van der Waals surface area contributed by atoms with Gasteiger partial charge in [-0.25, -0.2) is 18.5 Å². The van der Waals surface area contributed by atoms with Gasteiger partial charge in [-0.15, -0.1) is 0 Å². The van der Waals surface area contributed by atoms with E-state index in [-0.39, 0.29) is 4.57 Å². The molecule has 21 heteroatoms. The molecule has 0 aliphatic carbocycles. The lowest BCUT2D eigenvalue weighted by Gasteiger charge is -2.19. The number of aliphatic hydroxyl groups is 2. The Kier molecular flexibility index (Phi) is 6.91. The van der Waals surface area contributed by atoms with Crippen molar-refractivity contribution in [3.8, 4) is 0 Å². The predicted octanol–water partition coefficient (Wildman–Crippen LogP) is -2.36. The summed E-state index contributed by atoms with van der Waals surface area (Å²) in [6.07, 6.45) is -9.14. The number of nitrogens with one attached hydrogen (secondary N) is 1. The largest absolute Gasteiger partial charge is 0.490 e. The molecule has 1 fully saturated rings. The Labute approximate surface area is 165 Å². The molecule has 1 aliphatic rings. The monoisotopic (exact) mass is 504 g/mol. The minimum Gasteiger partial charge on any atom is -0.387 e. The maximum Gasteiger partial charge on any atom is 0.490 e. The summed E-state index contributed by atoms with van der Waals surface area (Å²) in [4.78, 5) is 59.7. The number of aliphatic hydroxyl groups excluding tert-OH is 2. The molecule has 17 nitrogen and oxygen atoms in total. The number of aromatic amines is 1. The fourth-order valence-electron chi connectivity index (χ4n) is 2.15. The predicted molar refractivity (Wildman–Crippen MR) is 87.0 cm³/mol. The number of ether oxygens (including phenoxy) is 1. The van der Waals surface area contributed by atoms with Crippen molar-refractivity contribution in [2.24, 2.45) is 0 Å². The van der Waals surface area contributed by atoms with E-state index in [0.717, 1.165) is 0 Å². The maximum absolute atomic E-state index is 13.6. The third-order valence-electron chi connectivity index (χ3n) is 3.27. The Bertz CT molecular complexity index is 1100. The zero-order chi connectivity index (χ0) is 23.9. The molecule has 0 saturated carbocycles. The van der Waals surface area contributed by atoms with Crippen molar-refractivity contribution in [3.63, 3.8) is 0 Å². The molecular formula is C9H14FN2O15P3. The highest BCUT2D eigenvalue weighted by Crippen LogP contribution is 2.66.